The number of rotatable bonds is 8. The van der Waals surface area contributed by atoms with Crippen LogP contribution in [0, 0.1) is 22.7 Å². The lowest BCUT2D eigenvalue weighted by Gasteiger charge is -2.13. The maximum Gasteiger partial charge on any atom is 0.183 e. The van der Waals surface area contributed by atoms with E-state index in [1.807, 2.05) is 41.5 Å². The molecule has 2 N–H and O–H groups in total. The molecule has 0 aromatic rings. The number of hydrogen-bond acceptors (Lipinski definition) is 6. The highest BCUT2D eigenvalue weighted by Crippen LogP contribution is 2.03. The Hall–Kier alpha value is -1.46. The minimum atomic E-state index is -0.0962. The van der Waals surface area contributed by atoms with Crippen molar-refractivity contribution in [2.45, 2.75) is 53.6 Å². The van der Waals surface area contributed by atoms with Crippen molar-refractivity contribution in [3.63, 3.8) is 0 Å². The quantitative estimate of drug-likeness (QED) is 0.405. The Morgan fingerprint density at radius 2 is 1.05 bits per heavy atom. The summed E-state index contributed by atoms with van der Waals surface area (Å²) in [7, 11) is 0. The van der Waals surface area contributed by atoms with E-state index in [0.29, 0.717) is 13.2 Å². The van der Waals surface area contributed by atoms with E-state index in [0.717, 1.165) is 0 Å². The maximum atomic E-state index is 7.57. The number of azo groups is 1. The van der Waals surface area contributed by atoms with Gasteiger partial charge in [0.2, 0.25) is 0 Å². The Morgan fingerprint density at radius 1 is 0.750 bits per heavy atom. The van der Waals surface area contributed by atoms with Gasteiger partial charge >= 0.3 is 0 Å². The summed E-state index contributed by atoms with van der Waals surface area (Å²) in [6.45, 7) is 12.2. The van der Waals surface area contributed by atoms with Crippen molar-refractivity contribution in [2.75, 3.05) is 13.2 Å². The lowest BCUT2D eigenvalue weighted by Crippen LogP contribution is -2.19. The molecule has 0 saturated heterocycles. The van der Waals surface area contributed by atoms with E-state index in [1.165, 1.54) is 0 Å². The van der Waals surface area contributed by atoms with Gasteiger partial charge in [-0.2, -0.15) is 10.2 Å². The van der Waals surface area contributed by atoms with Gasteiger partial charge in [-0.3, -0.25) is 10.8 Å². The van der Waals surface area contributed by atoms with E-state index < -0.39 is 0 Å². The molecule has 0 heterocycles. The van der Waals surface area contributed by atoms with Gasteiger partial charge in [0.25, 0.3) is 0 Å². The van der Waals surface area contributed by atoms with Crippen LogP contribution in [0.4, 0.5) is 0 Å². The monoisotopic (exact) mass is 284 g/mol. The first-order valence-corrected chi connectivity index (χ1v) is 7.06. The average Bonchev–Trinajstić information content (AvgIpc) is 2.39. The molecule has 6 heteroatoms. The molecule has 0 saturated carbocycles. The fraction of sp³-hybridized carbons (Fsp3) is 0.857. The Kier molecular flexibility index (Phi) is 8.76. The van der Waals surface area contributed by atoms with Crippen molar-refractivity contribution in [1.82, 2.24) is 0 Å². The van der Waals surface area contributed by atoms with Crippen molar-refractivity contribution in [2.24, 2.45) is 22.1 Å². The lowest BCUT2D eigenvalue weighted by molar-refractivity contribution is 0.248. The van der Waals surface area contributed by atoms with E-state index in [2.05, 4.69) is 10.2 Å². The fourth-order valence-corrected chi connectivity index (χ4v) is 1.05. The van der Waals surface area contributed by atoms with Crippen LogP contribution in [0.2, 0.25) is 0 Å². The van der Waals surface area contributed by atoms with Gasteiger partial charge in [-0.05, 0) is 13.8 Å². The number of ether oxygens (including phenoxy) is 2. The summed E-state index contributed by atoms with van der Waals surface area (Å²) in [5, 5.41) is 23.4. The molecule has 2 atom stereocenters. The lowest BCUT2D eigenvalue weighted by atomic mass is 10.2. The molecule has 0 aliphatic rings. The predicted octanol–water partition coefficient (Wildman–Crippen LogP) is 3.52. The second kappa shape index (κ2) is 9.44. The Bertz CT molecular complexity index is 308. The summed E-state index contributed by atoms with van der Waals surface area (Å²) in [6.07, 6.45) is 0. The van der Waals surface area contributed by atoms with Crippen LogP contribution in [0.1, 0.15) is 41.5 Å². The molecule has 0 amide bonds. The molecule has 0 fully saturated rings. The highest BCUT2D eigenvalue weighted by atomic mass is 16.5. The van der Waals surface area contributed by atoms with Crippen LogP contribution >= 0.6 is 0 Å². The first-order chi connectivity index (χ1) is 9.23. The average molecular weight is 284 g/mol. The molecule has 0 aromatic heterocycles. The van der Waals surface area contributed by atoms with Gasteiger partial charge in [0.1, 0.15) is 25.3 Å². The molecule has 116 valence electrons. The van der Waals surface area contributed by atoms with Gasteiger partial charge in [-0.25, -0.2) is 0 Å². The van der Waals surface area contributed by atoms with Gasteiger partial charge < -0.3 is 9.47 Å². The summed E-state index contributed by atoms with van der Waals surface area (Å²) in [5.41, 5.74) is 0. The highest BCUT2D eigenvalue weighted by Gasteiger charge is 2.09. The molecule has 0 radical (unpaired) electrons. The molecule has 2 unspecified atom stereocenters. The van der Waals surface area contributed by atoms with Crippen LogP contribution in [0.25, 0.3) is 0 Å². The summed E-state index contributed by atoms with van der Waals surface area (Å²) < 4.78 is 10.6. The van der Waals surface area contributed by atoms with Crippen molar-refractivity contribution in [3.8, 4) is 0 Å². The third-order valence-electron chi connectivity index (χ3n) is 2.47. The summed E-state index contributed by atoms with van der Waals surface area (Å²) in [6, 6.07) is -0.192. The van der Waals surface area contributed by atoms with Crippen LogP contribution in [-0.4, -0.2) is 37.1 Å². The molecule has 0 spiro atoms. The molecule has 0 aromatic carbocycles. The van der Waals surface area contributed by atoms with Gasteiger partial charge in [0.15, 0.2) is 11.8 Å². The zero-order valence-corrected chi connectivity index (χ0v) is 13.4. The minimum Gasteiger partial charge on any atom is -0.479 e. The molecular weight excluding hydrogens is 256 g/mol. The Balaban J connectivity index is 3.96. The smallest absolute Gasteiger partial charge is 0.183 e. The van der Waals surface area contributed by atoms with Crippen LogP contribution in [0.5, 0.6) is 0 Å². The molecule has 6 nitrogen and oxygen atoms in total. The van der Waals surface area contributed by atoms with E-state index in [-0.39, 0.29) is 35.7 Å². The maximum absolute atomic E-state index is 7.57. The summed E-state index contributed by atoms with van der Waals surface area (Å²) in [5.74, 6) is 0.727. The number of nitrogens with one attached hydrogen (secondary N) is 2. The molecule has 0 bridgehead atoms. The summed E-state index contributed by atoms with van der Waals surface area (Å²) in [4.78, 5) is 0. The van der Waals surface area contributed by atoms with Crippen molar-refractivity contribution in [1.29, 1.82) is 10.8 Å². The van der Waals surface area contributed by atoms with E-state index in [1.54, 1.807) is 0 Å². The Morgan fingerprint density at radius 3 is 1.30 bits per heavy atom. The molecule has 0 aliphatic heterocycles. The SMILES string of the molecule is CC(COC(=N)C(C)C)N=NC(C)COC(=N)C(C)C. The zero-order chi connectivity index (χ0) is 15.7. The highest BCUT2D eigenvalue weighted by molar-refractivity contribution is 5.74. The third kappa shape index (κ3) is 8.61. The first kappa shape index (κ1) is 18.5. The first-order valence-electron chi connectivity index (χ1n) is 7.06. The van der Waals surface area contributed by atoms with Gasteiger partial charge in [-0.1, -0.05) is 27.7 Å². The van der Waals surface area contributed by atoms with Crippen molar-refractivity contribution >= 4 is 11.8 Å². The number of nitrogens with zero attached hydrogens (tertiary/aromatic N) is 2. The molecule has 0 aliphatic carbocycles. The largest absolute Gasteiger partial charge is 0.479 e. The van der Waals surface area contributed by atoms with Crippen molar-refractivity contribution in [3.05, 3.63) is 0 Å². The van der Waals surface area contributed by atoms with E-state index in [4.69, 9.17) is 20.3 Å². The minimum absolute atomic E-state index is 0.0912. The van der Waals surface area contributed by atoms with E-state index in [9.17, 15) is 0 Å². The zero-order valence-electron chi connectivity index (χ0n) is 13.4. The third-order valence-corrected chi connectivity index (χ3v) is 2.47. The van der Waals surface area contributed by atoms with Crippen molar-refractivity contribution < 1.29 is 9.47 Å². The second-order valence-electron chi connectivity index (χ2n) is 5.59. The Labute approximate surface area is 122 Å². The summed E-state index contributed by atoms with van der Waals surface area (Å²) >= 11 is 0. The van der Waals surface area contributed by atoms with Crippen LogP contribution < -0.4 is 0 Å². The van der Waals surface area contributed by atoms with Crippen LogP contribution in [0.3, 0.4) is 0 Å². The van der Waals surface area contributed by atoms with Crippen LogP contribution in [0.15, 0.2) is 10.2 Å². The molecular formula is C14H28N4O2. The fourth-order valence-electron chi connectivity index (χ4n) is 1.05. The van der Waals surface area contributed by atoms with Gasteiger partial charge in [0.05, 0.1) is 0 Å². The topological polar surface area (TPSA) is 90.9 Å². The molecule has 20 heavy (non-hydrogen) atoms. The van der Waals surface area contributed by atoms with E-state index >= 15 is 0 Å². The molecule has 0 rings (SSSR count). The number of hydrogen-bond donors (Lipinski definition) is 2. The second-order valence-corrected chi connectivity index (χ2v) is 5.59. The van der Waals surface area contributed by atoms with Crippen LogP contribution in [-0.2, 0) is 9.47 Å². The van der Waals surface area contributed by atoms with Gasteiger partial charge in [-0.15, -0.1) is 0 Å². The normalized spacial score (nSPS) is 14.6. The van der Waals surface area contributed by atoms with Gasteiger partial charge in [0, 0.05) is 11.8 Å². The standard InChI is InChI=1S/C14H28N4O2/c1-9(2)13(15)19-7-11(5)17-18-12(6)8-20-14(16)10(3)4/h9-12,15-16H,7-8H2,1-6H3. The predicted molar refractivity (Wildman–Crippen MR) is 80.8 cm³/mol.